The van der Waals surface area contributed by atoms with Gasteiger partial charge in [0.1, 0.15) is 0 Å². The van der Waals surface area contributed by atoms with Gasteiger partial charge in [0.2, 0.25) is 0 Å². The largest absolute Gasteiger partial charge is 0.313 e. The maximum absolute atomic E-state index is 3.81. The van der Waals surface area contributed by atoms with Gasteiger partial charge in [0.25, 0.3) is 0 Å². The number of nitrogens with one attached hydrogen (secondary N) is 1. The fraction of sp³-hybridized carbons (Fsp3) is 0.684. The van der Waals surface area contributed by atoms with Crippen LogP contribution >= 0.6 is 0 Å². The summed E-state index contributed by atoms with van der Waals surface area (Å²) in [4.78, 5) is 2.65. The van der Waals surface area contributed by atoms with Crippen LogP contribution in [0, 0.1) is 5.41 Å². The van der Waals surface area contributed by atoms with Crippen LogP contribution in [0.25, 0.3) is 0 Å². The Hall–Kier alpha value is -0.860. The molecule has 1 aromatic rings. The topological polar surface area (TPSA) is 15.3 Å². The van der Waals surface area contributed by atoms with Gasteiger partial charge in [-0.25, -0.2) is 0 Å². The van der Waals surface area contributed by atoms with E-state index in [-0.39, 0.29) is 0 Å². The highest BCUT2D eigenvalue weighted by atomic mass is 15.1. The van der Waals surface area contributed by atoms with Crippen LogP contribution in [0.2, 0.25) is 0 Å². The molecule has 0 radical (unpaired) electrons. The Labute approximate surface area is 129 Å². The van der Waals surface area contributed by atoms with E-state index in [0.717, 1.165) is 19.1 Å². The number of nitrogens with zero attached hydrogens (tertiary/aromatic N) is 1. The lowest BCUT2D eigenvalue weighted by molar-refractivity contribution is 0.147. The van der Waals surface area contributed by atoms with Crippen molar-refractivity contribution in [1.82, 2.24) is 10.2 Å². The van der Waals surface area contributed by atoms with Crippen LogP contribution in [-0.4, -0.2) is 30.6 Å². The van der Waals surface area contributed by atoms with Crippen LogP contribution in [0.5, 0.6) is 0 Å². The van der Waals surface area contributed by atoms with Crippen molar-refractivity contribution in [3.8, 4) is 0 Å². The van der Waals surface area contributed by atoms with Crippen molar-refractivity contribution in [3.05, 3.63) is 35.9 Å². The molecule has 2 heteroatoms. The summed E-state index contributed by atoms with van der Waals surface area (Å²) in [5, 5.41) is 3.81. The van der Waals surface area contributed by atoms with Gasteiger partial charge in [0.05, 0.1) is 0 Å². The van der Waals surface area contributed by atoms with Gasteiger partial charge in [0, 0.05) is 25.7 Å². The third kappa shape index (κ3) is 4.31. The zero-order valence-corrected chi connectivity index (χ0v) is 13.5. The molecule has 2 saturated carbocycles. The summed E-state index contributed by atoms with van der Waals surface area (Å²) >= 11 is 0. The van der Waals surface area contributed by atoms with Crippen LogP contribution in [-0.2, 0) is 6.54 Å². The molecule has 21 heavy (non-hydrogen) atoms. The minimum atomic E-state index is 0.535. The van der Waals surface area contributed by atoms with Gasteiger partial charge in [-0.1, -0.05) is 50.1 Å². The molecule has 0 spiro atoms. The van der Waals surface area contributed by atoms with Crippen molar-refractivity contribution in [2.75, 3.05) is 19.6 Å². The number of hydrogen-bond donors (Lipinski definition) is 1. The standard InChI is InChI=1S/C19H30N2/c1-2-21(14-17-8-4-3-5-9-17)16-19(12-6-7-13-19)15-20-18-10-11-18/h3-5,8-9,18,20H,2,6-7,10-16H2,1H3. The molecular weight excluding hydrogens is 256 g/mol. The van der Waals surface area contributed by atoms with Crippen LogP contribution in [0.1, 0.15) is 51.0 Å². The summed E-state index contributed by atoms with van der Waals surface area (Å²) in [6, 6.07) is 11.8. The lowest BCUT2D eigenvalue weighted by Crippen LogP contribution is -2.43. The van der Waals surface area contributed by atoms with E-state index >= 15 is 0 Å². The first-order chi connectivity index (χ1) is 10.3. The van der Waals surface area contributed by atoms with Crippen LogP contribution < -0.4 is 5.32 Å². The first-order valence-corrected chi connectivity index (χ1v) is 8.79. The third-order valence-corrected chi connectivity index (χ3v) is 5.26. The normalized spacial score (nSPS) is 21.0. The van der Waals surface area contributed by atoms with Crippen molar-refractivity contribution in [2.45, 2.75) is 58.0 Å². The summed E-state index contributed by atoms with van der Waals surface area (Å²) < 4.78 is 0. The molecule has 0 saturated heterocycles. The minimum absolute atomic E-state index is 0.535. The van der Waals surface area contributed by atoms with E-state index in [1.807, 2.05) is 0 Å². The molecule has 0 unspecified atom stereocenters. The molecule has 0 atom stereocenters. The highest BCUT2D eigenvalue weighted by Crippen LogP contribution is 2.39. The van der Waals surface area contributed by atoms with Crippen LogP contribution in [0.15, 0.2) is 30.3 Å². The van der Waals surface area contributed by atoms with E-state index in [1.54, 1.807) is 0 Å². The van der Waals surface area contributed by atoms with Gasteiger partial charge in [-0.2, -0.15) is 0 Å². The molecule has 0 amide bonds. The minimum Gasteiger partial charge on any atom is -0.313 e. The Balaban J connectivity index is 1.59. The summed E-state index contributed by atoms with van der Waals surface area (Å²) in [5.74, 6) is 0. The van der Waals surface area contributed by atoms with Gasteiger partial charge in [0.15, 0.2) is 0 Å². The molecule has 1 aromatic carbocycles. The SMILES string of the molecule is CCN(Cc1ccccc1)CC1(CNC2CC2)CCCC1. The van der Waals surface area contributed by atoms with E-state index in [9.17, 15) is 0 Å². The molecule has 116 valence electrons. The van der Waals surface area contributed by atoms with Gasteiger partial charge in [-0.3, -0.25) is 4.90 Å². The lowest BCUT2D eigenvalue weighted by atomic mass is 9.85. The molecule has 0 aromatic heterocycles. The molecule has 2 aliphatic carbocycles. The molecule has 3 rings (SSSR count). The Morgan fingerprint density at radius 3 is 2.48 bits per heavy atom. The van der Waals surface area contributed by atoms with Crippen molar-refractivity contribution in [1.29, 1.82) is 0 Å². The summed E-state index contributed by atoms with van der Waals surface area (Å²) in [6.45, 7) is 7.06. The summed E-state index contributed by atoms with van der Waals surface area (Å²) in [7, 11) is 0. The van der Waals surface area contributed by atoms with Gasteiger partial charge in [-0.15, -0.1) is 0 Å². The van der Waals surface area contributed by atoms with Crippen LogP contribution in [0.3, 0.4) is 0 Å². The second-order valence-electron chi connectivity index (χ2n) is 7.15. The molecular formula is C19H30N2. The Bertz CT molecular complexity index is 418. The number of benzene rings is 1. The quantitative estimate of drug-likeness (QED) is 0.781. The van der Waals surface area contributed by atoms with Crippen molar-refractivity contribution >= 4 is 0 Å². The summed E-state index contributed by atoms with van der Waals surface area (Å²) in [5.41, 5.74) is 1.98. The first kappa shape index (κ1) is 15.1. The zero-order valence-electron chi connectivity index (χ0n) is 13.5. The predicted octanol–water partition coefficient (Wildman–Crippen LogP) is 3.82. The van der Waals surface area contributed by atoms with E-state index in [1.165, 1.54) is 57.2 Å². The van der Waals surface area contributed by atoms with E-state index in [4.69, 9.17) is 0 Å². The average Bonchev–Trinajstić information content (AvgIpc) is 3.25. The predicted molar refractivity (Wildman–Crippen MR) is 89.3 cm³/mol. The number of hydrogen-bond acceptors (Lipinski definition) is 2. The molecule has 2 aliphatic rings. The average molecular weight is 286 g/mol. The van der Waals surface area contributed by atoms with Gasteiger partial charge < -0.3 is 5.32 Å². The summed E-state index contributed by atoms with van der Waals surface area (Å²) in [6.07, 6.45) is 8.48. The molecule has 0 bridgehead atoms. The maximum atomic E-state index is 3.81. The molecule has 2 fully saturated rings. The lowest BCUT2D eigenvalue weighted by Gasteiger charge is -2.35. The van der Waals surface area contributed by atoms with E-state index < -0.39 is 0 Å². The Kier molecular flexibility index (Phi) is 4.97. The van der Waals surface area contributed by atoms with E-state index in [2.05, 4.69) is 47.5 Å². The Morgan fingerprint density at radius 2 is 1.86 bits per heavy atom. The zero-order chi connectivity index (χ0) is 14.5. The molecule has 1 N–H and O–H groups in total. The highest BCUT2D eigenvalue weighted by Gasteiger charge is 2.36. The molecule has 2 nitrogen and oxygen atoms in total. The van der Waals surface area contributed by atoms with Crippen LogP contribution in [0.4, 0.5) is 0 Å². The van der Waals surface area contributed by atoms with Gasteiger partial charge in [-0.05, 0) is 43.2 Å². The van der Waals surface area contributed by atoms with Gasteiger partial charge >= 0.3 is 0 Å². The second kappa shape index (κ2) is 6.93. The molecule has 0 aliphatic heterocycles. The van der Waals surface area contributed by atoms with Crippen molar-refractivity contribution in [3.63, 3.8) is 0 Å². The monoisotopic (exact) mass is 286 g/mol. The molecule has 0 heterocycles. The number of rotatable bonds is 8. The fourth-order valence-corrected chi connectivity index (χ4v) is 3.76. The second-order valence-corrected chi connectivity index (χ2v) is 7.15. The van der Waals surface area contributed by atoms with Crippen molar-refractivity contribution in [2.24, 2.45) is 5.41 Å². The maximum Gasteiger partial charge on any atom is 0.0233 e. The first-order valence-electron chi connectivity index (χ1n) is 8.79. The third-order valence-electron chi connectivity index (χ3n) is 5.26. The Morgan fingerprint density at radius 1 is 1.14 bits per heavy atom. The van der Waals surface area contributed by atoms with E-state index in [0.29, 0.717) is 5.41 Å². The van der Waals surface area contributed by atoms with Crippen molar-refractivity contribution < 1.29 is 0 Å². The fourth-order valence-electron chi connectivity index (χ4n) is 3.76. The smallest absolute Gasteiger partial charge is 0.0233 e. The highest BCUT2D eigenvalue weighted by molar-refractivity contribution is 5.14.